The SMILES string of the molecule is CCCCC(=O)NCCN(C(C)=O)c1ccc(N2CCN(C)CC2)cc1. The van der Waals surface area contributed by atoms with E-state index in [0.717, 1.165) is 44.7 Å². The predicted octanol–water partition coefficient (Wildman–Crippen LogP) is 2.10. The summed E-state index contributed by atoms with van der Waals surface area (Å²) in [4.78, 5) is 30.1. The molecule has 1 heterocycles. The Labute approximate surface area is 157 Å². The van der Waals surface area contributed by atoms with E-state index in [1.807, 2.05) is 12.1 Å². The van der Waals surface area contributed by atoms with E-state index in [4.69, 9.17) is 0 Å². The van der Waals surface area contributed by atoms with Crippen molar-refractivity contribution in [3.05, 3.63) is 24.3 Å². The molecule has 1 aromatic rings. The maximum absolute atomic E-state index is 12.0. The fraction of sp³-hybridized carbons (Fsp3) is 0.600. The summed E-state index contributed by atoms with van der Waals surface area (Å²) in [5.74, 6) is 0.0425. The Morgan fingerprint density at radius 3 is 2.35 bits per heavy atom. The van der Waals surface area contributed by atoms with Gasteiger partial charge in [-0.2, -0.15) is 0 Å². The molecule has 0 atom stereocenters. The van der Waals surface area contributed by atoms with Crippen LogP contribution in [-0.2, 0) is 9.59 Å². The molecule has 0 saturated carbocycles. The maximum Gasteiger partial charge on any atom is 0.223 e. The van der Waals surface area contributed by atoms with Gasteiger partial charge in [-0.15, -0.1) is 0 Å². The van der Waals surface area contributed by atoms with E-state index >= 15 is 0 Å². The molecule has 1 aliphatic heterocycles. The van der Waals surface area contributed by atoms with Crippen molar-refractivity contribution in [1.82, 2.24) is 10.2 Å². The second-order valence-corrected chi connectivity index (χ2v) is 6.93. The zero-order valence-electron chi connectivity index (χ0n) is 16.3. The van der Waals surface area contributed by atoms with Gasteiger partial charge in [0.25, 0.3) is 0 Å². The van der Waals surface area contributed by atoms with Crippen molar-refractivity contribution < 1.29 is 9.59 Å². The second-order valence-electron chi connectivity index (χ2n) is 6.93. The van der Waals surface area contributed by atoms with E-state index in [2.05, 4.69) is 41.2 Å². The van der Waals surface area contributed by atoms with Gasteiger partial charge in [0, 0.05) is 64.0 Å². The predicted molar refractivity (Wildman–Crippen MR) is 107 cm³/mol. The highest BCUT2D eigenvalue weighted by Gasteiger charge is 2.16. The monoisotopic (exact) mass is 360 g/mol. The normalized spacial score (nSPS) is 15.0. The Balaban J connectivity index is 1.90. The first-order valence-corrected chi connectivity index (χ1v) is 9.59. The standard InChI is InChI=1S/C20H32N4O2/c1-4-5-6-20(26)21-11-12-24(17(2)25)19-9-7-18(8-10-19)23-15-13-22(3)14-16-23/h7-10H,4-6,11-16H2,1-3H3,(H,21,26). The summed E-state index contributed by atoms with van der Waals surface area (Å²) in [6.07, 6.45) is 2.46. The van der Waals surface area contributed by atoms with Gasteiger partial charge < -0.3 is 20.0 Å². The molecule has 6 heteroatoms. The molecule has 6 nitrogen and oxygen atoms in total. The number of piperazine rings is 1. The topological polar surface area (TPSA) is 55.9 Å². The molecule has 0 radical (unpaired) electrons. The van der Waals surface area contributed by atoms with Gasteiger partial charge in [0.2, 0.25) is 11.8 Å². The van der Waals surface area contributed by atoms with Gasteiger partial charge in [0.1, 0.15) is 0 Å². The molecule has 1 N–H and O–H groups in total. The highest BCUT2D eigenvalue weighted by atomic mass is 16.2. The quantitative estimate of drug-likeness (QED) is 0.771. The van der Waals surface area contributed by atoms with E-state index in [1.165, 1.54) is 5.69 Å². The number of nitrogens with one attached hydrogen (secondary N) is 1. The van der Waals surface area contributed by atoms with Gasteiger partial charge in [-0.25, -0.2) is 0 Å². The third-order valence-corrected chi connectivity index (χ3v) is 4.82. The van der Waals surface area contributed by atoms with E-state index in [9.17, 15) is 9.59 Å². The van der Waals surface area contributed by atoms with Gasteiger partial charge in [0.05, 0.1) is 0 Å². The summed E-state index contributed by atoms with van der Waals surface area (Å²) in [6, 6.07) is 8.15. The molecule has 26 heavy (non-hydrogen) atoms. The molecule has 144 valence electrons. The van der Waals surface area contributed by atoms with E-state index < -0.39 is 0 Å². The number of benzene rings is 1. The third kappa shape index (κ3) is 6.02. The van der Waals surface area contributed by atoms with Crippen molar-refractivity contribution in [1.29, 1.82) is 0 Å². The number of likely N-dealkylation sites (N-methyl/N-ethyl adjacent to an activating group) is 1. The van der Waals surface area contributed by atoms with Crippen molar-refractivity contribution in [2.45, 2.75) is 33.1 Å². The highest BCUT2D eigenvalue weighted by Crippen LogP contribution is 2.22. The zero-order chi connectivity index (χ0) is 18.9. The lowest BCUT2D eigenvalue weighted by Crippen LogP contribution is -2.44. The Bertz CT molecular complexity index is 580. The minimum absolute atomic E-state index is 0.0137. The van der Waals surface area contributed by atoms with Crippen LogP contribution in [0.5, 0.6) is 0 Å². The average Bonchev–Trinajstić information content (AvgIpc) is 2.64. The Hall–Kier alpha value is -2.08. The van der Waals surface area contributed by atoms with Gasteiger partial charge in [-0.1, -0.05) is 13.3 Å². The third-order valence-electron chi connectivity index (χ3n) is 4.82. The number of amides is 2. The van der Waals surface area contributed by atoms with Crippen LogP contribution in [0.3, 0.4) is 0 Å². The molecule has 0 aliphatic carbocycles. The van der Waals surface area contributed by atoms with E-state index in [0.29, 0.717) is 19.5 Å². The summed E-state index contributed by atoms with van der Waals surface area (Å²) < 4.78 is 0. The molecule has 0 bridgehead atoms. The number of unbranched alkanes of at least 4 members (excludes halogenated alkanes) is 1. The molecule has 1 fully saturated rings. The number of hydrogen-bond donors (Lipinski definition) is 1. The van der Waals surface area contributed by atoms with Crippen molar-refractivity contribution in [2.24, 2.45) is 0 Å². The van der Waals surface area contributed by atoms with Crippen LogP contribution in [0.25, 0.3) is 0 Å². The fourth-order valence-corrected chi connectivity index (χ4v) is 3.11. The van der Waals surface area contributed by atoms with Crippen molar-refractivity contribution >= 4 is 23.2 Å². The summed E-state index contributed by atoms with van der Waals surface area (Å²) in [7, 11) is 2.15. The minimum Gasteiger partial charge on any atom is -0.369 e. The first-order chi connectivity index (χ1) is 12.5. The van der Waals surface area contributed by atoms with E-state index in [1.54, 1.807) is 11.8 Å². The summed E-state index contributed by atoms with van der Waals surface area (Å²) in [6.45, 7) is 8.78. The van der Waals surface area contributed by atoms with E-state index in [-0.39, 0.29) is 11.8 Å². The molecule has 1 saturated heterocycles. The fourth-order valence-electron chi connectivity index (χ4n) is 3.11. The molecule has 0 unspecified atom stereocenters. The number of carbonyl (C=O) groups is 2. The zero-order valence-corrected chi connectivity index (χ0v) is 16.3. The van der Waals surface area contributed by atoms with Crippen LogP contribution in [0, 0.1) is 0 Å². The summed E-state index contributed by atoms with van der Waals surface area (Å²) in [5.41, 5.74) is 2.07. The number of anilines is 2. The lowest BCUT2D eigenvalue weighted by molar-refractivity contribution is -0.121. The van der Waals surface area contributed by atoms with Crippen molar-refractivity contribution in [3.8, 4) is 0 Å². The van der Waals surface area contributed by atoms with Crippen molar-refractivity contribution in [2.75, 3.05) is 56.1 Å². The second kappa shape index (κ2) is 10.2. The van der Waals surface area contributed by atoms with Crippen LogP contribution in [0.4, 0.5) is 11.4 Å². The Morgan fingerprint density at radius 2 is 1.77 bits per heavy atom. The summed E-state index contributed by atoms with van der Waals surface area (Å²) >= 11 is 0. The lowest BCUT2D eigenvalue weighted by atomic mass is 10.2. The van der Waals surface area contributed by atoms with Gasteiger partial charge >= 0.3 is 0 Å². The minimum atomic E-state index is -0.0137. The van der Waals surface area contributed by atoms with Gasteiger partial charge in [-0.05, 0) is 37.7 Å². The van der Waals surface area contributed by atoms with Crippen LogP contribution in [-0.4, -0.2) is 63.0 Å². The smallest absolute Gasteiger partial charge is 0.223 e. The van der Waals surface area contributed by atoms with Crippen LogP contribution in [0.1, 0.15) is 33.1 Å². The molecular formula is C20H32N4O2. The molecule has 1 aliphatic rings. The Morgan fingerprint density at radius 1 is 1.12 bits per heavy atom. The summed E-state index contributed by atoms with van der Waals surface area (Å²) in [5, 5.41) is 2.89. The van der Waals surface area contributed by atoms with Crippen LogP contribution in [0.2, 0.25) is 0 Å². The largest absolute Gasteiger partial charge is 0.369 e. The van der Waals surface area contributed by atoms with Gasteiger partial charge in [0.15, 0.2) is 0 Å². The highest BCUT2D eigenvalue weighted by molar-refractivity contribution is 5.91. The lowest BCUT2D eigenvalue weighted by Gasteiger charge is -2.34. The van der Waals surface area contributed by atoms with Crippen LogP contribution in [0.15, 0.2) is 24.3 Å². The van der Waals surface area contributed by atoms with Crippen LogP contribution < -0.4 is 15.1 Å². The number of carbonyl (C=O) groups excluding carboxylic acids is 2. The first kappa shape index (κ1) is 20.2. The molecule has 2 amide bonds. The Kier molecular flexibility index (Phi) is 7.91. The number of nitrogens with zero attached hydrogens (tertiary/aromatic N) is 3. The molecule has 0 aromatic heterocycles. The molecule has 0 spiro atoms. The number of hydrogen-bond acceptors (Lipinski definition) is 4. The molecule has 1 aromatic carbocycles. The van der Waals surface area contributed by atoms with Crippen LogP contribution >= 0.6 is 0 Å². The average molecular weight is 361 g/mol. The number of rotatable bonds is 8. The maximum atomic E-state index is 12.0. The molecule has 2 rings (SSSR count). The first-order valence-electron chi connectivity index (χ1n) is 9.59. The van der Waals surface area contributed by atoms with Gasteiger partial charge in [-0.3, -0.25) is 9.59 Å². The van der Waals surface area contributed by atoms with Crippen molar-refractivity contribution in [3.63, 3.8) is 0 Å². The molecular weight excluding hydrogens is 328 g/mol.